The van der Waals surface area contributed by atoms with Crippen LogP contribution in [-0.2, 0) is 19.6 Å². The number of nitrogens with one attached hydrogen (secondary N) is 1. The van der Waals surface area contributed by atoms with Gasteiger partial charge in [-0.05, 0) is 41.0 Å². The fourth-order valence-corrected chi connectivity index (χ4v) is 4.02. The van der Waals surface area contributed by atoms with Gasteiger partial charge in [-0.2, -0.15) is 10.4 Å². The van der Waals surface area contributed by atoms with Crippen LogP contribution < -0.4 is 10.9 Å². The van der Waals surface area contributed by atoms with Crippen LogP contribution in [0, 0.1) is 11.3 Å². The van der Waals surface area contributed by atoms with E-state index in [1.165, 1.54) is 6.33 Å². The molecule has 35 heavy (non-hydrogen) atoms. The maximum absolute atomic E-state index is 11.9. The van der Waals surface area contributed by atoms with Crippen LogP contribution in [0.25, 0.3) is 11.0 Å². The lowest BCUT2D eigenvalue weighted by molar-refractivity contribution is 0.692. The van der Waals surface area contributed by atoms with E-state index in [2.05, 4.69) is 26.5 Å². The largest absolute Gasteiger partial charge is 0.365 e. The average Bonchev–Trinajstić information content (AvgIpc) is 3.28. The van der Waals surface area contributed by atoms with Crippen LogP contribution in [0.15, 0.2) is 84.2 Å². The summed E-state index contributed by atoms with van der Waals surface area (Å²) in [6.07, 6.45) is 5.15. The Labute approximate surface area is 206 Å². The highest BCUT2D eigenvalue weighted by Gasteiger charge is 2.10. The molecule has 5 aromatic rings. The van der Waals surface area contributed by atoms with E-state index in [-0.39, 0.29) is 5.56 Å². The number of hydrogen-bond acceptors (Lipinski definition) is 6. The van der Waals surface area contributed by atoms with Crippen LogP contribution in [-0.4, -0.2) is 24.3 Å². The highest BCUT2D eigenvalue weighted by Crippen LogP contribution is 2.21. The number of aromatic nitrogens is 5. The Kier molecular flexibility index (Phi) is 6.24. The second-order valence-corrected chi connectivity index (χ2v) is 8.47. The first-order valence-electron chi connectivity index (χ1n) is 10.9. The summed E-state index contributed by atoms with van der Waals surface area (Å²) in [5.74, 6) is 0.633. The molecule has 172 valence electrons. The number of anilines is 1. The van der Waals surface area contributed by atoms with E-state index in [9.17, 15) is 10.1 Å². The number of pyridine rings is 1. The Morgan fingerprint density at radius 3 is 2.57 bits per heavy atom. The van der Waals surface area contributed by atoms with E-state index < -0.39 is 0 Å². The molecule has 0 amide bonds. The van der Waals surface area contributed by atoms with E-state index in [0.29, 0.717) is 41.7 Å². The highest BCUT2D eigenvalue weighted by molar-refractivity contribution is 6.30. The van der Waals surface area contributed by atoms with Crippen molar-refractivity contribution in [3.05, 3.63) is 117 Å². The van der Waals surface area contributed by atoms with Crippen molar-refractivity contribution < 1.29 is 0 Å². The zero-order valence-electron chi connectivity index (χ0n) is 18.6. The Hall–Kier alpha value is -4.48. The zero-order chi connectivity index (χ0) is 24.2. The van der Waals surface area contributed by atoms with Gasteiger partial charge in [-0.3, -0.25) is 9.48 Å². The minimum atomic E-state index is -0.0236. The molecular weight excluding hydrogens is 462 g/mol. The third-order valence-corrected chi connectivity index (χ3v) is 5.85. The molecule has 0 atom stereocenters. The molecule has 0 fully saturated rings. The zero-order valence-corrected chi connectivity index (χ0v) is 19.4. The molecule has 0 aliphatic heterocycles. The summed E-state index contributed by atoms with van der Waals surface area (Å²) in [4.78, 5) is 20.6. The van der Waals surface area contributed by atoms with Crippen LogP contribution in [0.5, 0.6) is 0 Å². The summed E-state index contributed by atoms with van der Waals surface area (Å²) in [6.45, 7) is 1.48. The van der Waals surface area contributed by atoms with Gasteiger partial charge in [0.2, 0.25) is 0 Å². The van der Waals surface area contributed by atoms with Crippen LogP contribution in [0.4, 0.5) is 5.82 Å². The smallest absolute Gasteiger partial charge is 0.250 e. The summed E-state index contributed by atoms with van der Waals surface area (Å²) in [5.41, 5.74) is 4.02. The molecule has 0 saturated carbocycles. The van der Waals surface area contributed by atoms with E-state index in [4.69, 9.17) is 11.6 Å². The average molecular weight is 482 g/mol. The van der Waals surface area contributed by atoms with Crippen LogP contribution in [0.2, 0.25) is 5.02 Å². The maximum Gasteiger partial charge on any atom is 0.250 e. The van der Waals surface area contributed by atoms with Crippen molar-refractivity contribution in [2.24, 2.45) is 0 Å². The molecule has 8 nitrogen and oxygen atoms in total. The molecule has 5 rings (SSSR count). The summed E-state index contributed by atoms with van der Waals surface area (Å²) in [5, 5.41) is 18.6. The summed E-state index contributed by atoms with van der Waals surface area (Å²) in [6, 6.07) is 20.6. The number of benzene rings is 2. The van der Waals surface area contributed by atoms with Gasteiger partial charge in [-0.15, -0.1) is 0 Å². The molecule has 3 heterocycles. The van der Waals surface area contributed by atoms with Crippen LogP contribution in [0.3, 0.4) is 0 Å². The Bertz CT molecular complexity index is 1600. The first-order valence-corrected chi connectivity index (χ1v) is 11.3. The third-order valence-electron chi connectivity index (χ3n) is 5.62. The van der Waals surface area contributed by atoms with E-state index in [0.717, 1.165) is 22.1 Å². The lowest BCUT2D eigenvalue weighted by Gasteiger charge is -2.08. The van der Waals surface area contributed by atoms with Crippen molar-refractivity contribution >= 4 is 28.5 Å². The summed E-state index contributed by atoms with van der Waals surface area (Å²) in [7, 11) is 0. The molecule has 0 aliphatic carbocycles. The fourth-order valence-electron chi connectivity index (χ4n) is 3.83. The number of nitriles is 1. The molecular formula is C26H20ClN7O. The van der Waals surface area contributed by atoms with Crippen LogP contribution in [0.1, 0.15) is 22.3 Å². The number of nitrogens with zero attached hydrogens (tertiary/aromatic N) is 6. The van der Waals surface area contributed by atoms with Crippen molar-refractivity contribution in [3.63, 3.8) is 0 Å². The predicted molar refractivity (Wildman–Crippen MR) is 134 cm³/mol. The lowest BCUT2D eigenvalue weighted by atomic mass is 10.1. The minimum Gasteiger partial charge on any atom is -0.365 e. The van der Waals surface area contributed by atoms with Gasteiger partial charge in [0, 0.05) is 30.0 Å². The molecule has 0 saturated heterocycles. The van der Waals surface area contributed by atoms with E-state index in [1.807, 2.05) is 41.2 Å². The van der Waals surface area contributed by atoms with Crippen molar-refractivity contribution in [2.75, 3.05) is 5.32 Å². The first kappa shape index (κ1) is 22.3. The third kappa shape index (κ3) is 5.05. The summed E-state index contributed by atoms with van der Waals surface area (Å²) >= 11 is 6.10. The molecule has 2 aromatic carbocycles. The second kappa shape index (κ2) is 9.79. The quantitative estimate of drug-likeness (QED) is 0.373. The van der Waals surface area contributed by atoms with Gasteiger partial charge in [-0.1, -0.05) is 41.9 Å². The van der Waals surface area contributed by atoms with E-state index in [1.54, 1.807) is 41.1 Å². The van der Waals surface area contributed by atoms with Gasteiger partial charge < -0.3 is 9.88 Å². The lowest BCUT2D eigenvalue weighted by Crippen LogP contribution is -2.18. The Balaban J connectivity index is 1.31. The molecule has 0 aliphatic rings. The monoisotopic (exact) mass is 481 g/mol. The van der Waals surface area contributed by atoms with Gasteiger partial charge in [0.25, 0.3) is 5.56 Å². The topological polar surface area (TPSA) is 101 Å². The van der Waals surface area contributed by atoms with Gasteiger partial charge in [0.15, 0.2) is 5.65 Å². The molecule has 0 bridgehead atoms. The number of halogens is 1. The SMILES string of the molecule is N#Cc1ccc(Cl)cc1CNc1ncnc2nn(Cc3ccc(Cn4ccccc4=O)cc3)cc12. The van der Waals surface area contributed by atoms with Crippen molar-refractivity contribution in [2.45, 2.75) is 19.6 Å². The molecule has 3 aromatic heterocycles. The first-order chi connectivity index (χ1) is 17.1. The molecule has 0 unspecified atom stereocenters. The van der Waals surface area contributed by atoms with E-state index >= 15 is 0 Å². The van der Waals surface area contributed by atoms with Gasteiger partial charge in [0.1, 0.15) is 12.1 Å². The predicted octanol–water partition coefficient (Wildman–Crippen LogP) is 4.22. The Morgan fingerprint density at radius 2 is 1.80 bits per heavy atom. The molecule has 0 spiro atoms. The Morgan fingerprint density at radius 1 is 1.00 bits per heavy atom. The van der Waals surface area contributed by atoms with Crippen molar-refractivity contribution in [3.8, 4) is 6.07 Å². The normalized spacial score (nSPS) is 10.9. The highest BCUT2D eigenvalue weighted by atomic mass is 35.5. The maximum atomic E-state index is 11.9. The fraction of sp³-hybridized carbons (Fsp3) is 0.115. The van der Waals surface area contributed by atoms with Crippen molar-refractivity contribution in [1.29, 1.82) is 5.26 Å². The summed E-state index contributed by atoms with van der Waals surface area (Å²) < 4.78 is 3.49. The standard InChI is InChI=1S/C26H20ClN7O/c27-22-9-8-20(12-28)21(11-22)13-29-25-23-16-34(32-26(23)31-17-30-25)15-19-6-4-18(5-7-19)14-33-10-2-1-3-24(33)35/h1-11,16-17H,13-15H2,(H,29,30,31,32). The molecule has 0 radical (unpaired) electrons. The van der Waals surface area contributed by atoms with Gasteiger partial charge in [0.05, 0.1) is 30.1 Å². The number of fused-ring (bicyclic) bond motifs is 1. The van der Waals surface area contributed by atoms with Crippen LogP contribution >= 0.6 is 11.6 Å². The molecule has 1 N–H and O–H groups in total. The second-order valence-electron chi connectivity index (χ2n) is 8.04. The minimum absolute atomic E-state index is 0.0236. The number of hydrogen-bond donors (Lipinski definition) is 1. The van der Waals surface area contributed by atoms with Gasteiger partial charge in [-0.25, -0.2) is 9.97 Å². The number of rotatable bonds is 7. The van der Waals surface area contributed by atoms with Gasteiger partial charge >= 0.3 is 0 Å². The molecule has 9 heteroatoms. The van der Waals surface area contributed by atoms with Crippen molar-refractivity contribution in [1.82, 2.24) is 24.3 Å².